The van der Waals surface area contributed by atoms with E-state index in [0.717, 1.165) is 293 Å². The standard InChI is InChI=1S/C116H118F4N4O3S4/c1-11-19-25-30-36-73(17-7)57-79-58-84(59-92-107(102(70-121)123-9)86-64-98(117)100(119)66-88(86)109(92)125)128-111(79)105-68-96-112(130-105)90-62-95-91(63-94(90)115(96,80-49-41-75(42-50-80)37-31-26-20-12-2)81-51-43-76(44-52-81)38-32-27-21-13-3)113-97(116(95,82-53-45-77(46-54-82)39-33-28-22-14-4)83-55-47-78(48-56-83)40-34-29-23-15-5)69-106(131-113)114-104(127-72-74(18-8)35-24-16-6)61-85(129-114)60-93-108(103(71-122)124-10)87-65-99(118)101(120)67-89(87)110(93)126/h41-56,58-69,73-74H,11-40,57,72H2,1-8H3/b92-59-,93-60-,107-102+,108-103-. The van der Waals surface area contributed by atoms with Crippen LogP contribution < -0.4 is 4.74 Å². The average molecular weight is 1820 g/mol. The van der Waals surface area contributed by atoms with Gasteiger partial charge in [0.2, 0.25) is 0 Å². The molecule has 15 heteroatoms. The van der Waals surface area contributed by atoms with Crippen molar-refractivity contribution in [1.82, 2.24) is 0 Å². The van der Waals surface area contributed by atoms with Crippen molar-refractivity contribution in [2.45, 2.75) is 265 Å². The maximum Gasteiger partial charge on any atom is 0.270 e. The van der Waals surface area contributed by atoms with Crippen LogP contribution in [0.3, 0.4) is 0 Å². The summed E-state index contributed by atoms with van der Waals surface area (Å²) in [6.45, 7) is 34.8. The molecule has 672 valence electrons. The van der Waals surface area contributed by atoms with E-state index in [0.29, 0.717) is 23.2 Å². The van der Waals surface area contributed by atoms with Gasteiger partial charge in [0.1, 0.15) is 5.75 Å². The largest absolute Gasteiger partial charge is 0.492 e. The Morgan fingerprint density at radius 3 is 1.11 bits per heavy atom. The molecule has 0 aliphatic heterocycles. The number of fused-ring (bicyclic) bond motifs is 8. The highest BCUT2D eigenvalue weighted by Gasteiger charge is 2.54. The molecule has 7 aromatic carbocycles. The van der Waals surface area contributed by atoms with Crippen LogP contribution in [0, 0.1) is 70.9 Å². The first-order chi connectivity index (χ1) is 63.9. The SMILES string of the molecule is [C-]#[N+]/C(C#N)=C1\C(=C\c2cc(OCC(CC)CCCC)c(-c3cc4c(s3)-c3cc5c(cc3C4(c3ccc(CCCCCC)cc3)c3ccc(CCCCCC)cc3)-c3sc(-c4sc(/C=C6\C(=O)c7cc(F)c(F)cc7\C6=C(\C#N)[N+]#[C-])cc4CC(CC)CCCCCC)cc3C5(c3ccc(CCCCCC)cc3)c3ccc(CCCCCC)cc3)s2)C(=O)c2cc(F)c(F)cc21. The predicted octanol–water partition coefficient (Wildman–Crippen LogP) is 34.0. The summed E-state index contributed by atoms with van der Waals surface area (Å²) in [5.74, 6) is -4.80. The van der Waals surface area contributed by atoms with Gasteiger partial charge in [-0.05, 0) is 243 Å². The normalized spacial score (nSPS) is 15.5. The fourth-order valence-corrected chi connectivity index (χ4v) is 25.4. The van der Waals surface area contributed by atoms with Crippen LogP contribution in [0.4, 0.5) is 17.6 Å². The Balaban J connectivity index is 1.03. The number of halogens is 4. The highest BCUT2D eigenvalue weighted by Crippen LogP contribution is 2.67. The molecule has 4 aromatic heterocycles. The Kier molecular flexibility index (Phi) is 31.3. The maximum atomic E-state index is 15.5. The molecule has 7 nitrogen and oxygen atoms in total. The number of ether oxygens (including phenoxy) is 1. The Morgan fingerprint density at radius 1 is 0.389 bits per heavy atom. The number of aryl methyl sites for hydroxylation is 4. The second-order valence-corrected chi connectivity index (χ2v) is 40.6. The average Bonchev–Trinajstić information content (AvgIpc) is 1.50. The van der Waals surface area contributed by atoms with Crippen molar-refractivity contribution in [3.63, 3.8) is 0 Å². The van der Waals surface area contributed by atoms with E-state index in [1.54, 1.807) is 46.2 Å². The van der Waals surface area contributed by atoms with Gasteiger partial charge >= 0.3 is 0 Å². The van der Waals surface area contributed by atoms with E-state index in [9.17, 15) is 20.1 Å². The van der Waals surface area contributed by atoms with Gasteiger partial charge in [-0.1, -0.05) is 287 Å². The van der Waals surface area contributed by atoms with Crippen molar-refractivity contribution in [2.24, 2.45) is 11.8 Å². The lowest BCUT2D eigenvalue weighted by Gasteiger charge is -2.35. The van der Waals surface area contributed by atoms with E-state index >= 15 is 17.6 Å². The van der Waals surface area contributed by atoms with Crippen molar-refractivity contribution in [1.29, 1.82) is 10.5 Å². The molecule has 0 spiro atoms. The fraction of sp³-hybridized carbons (Fsp3) is 0.379. The molecule has 0 fully saturated rings. The van der Waals surface area contributed by atoms with Gasteiger partial charge < -0.3 is 4.74 Å². The van der Waals surface area contributed by atoms with Gasteiger partial charge in [-0.3, -0.25) is 9.59 Å². The molecular weight excluding hydrogens is 1700 g/mol. The van der Waals surface area contributed by atoms with Crippen molar-refractivity contribution >= 4 is 80.2 Å². The van der Waals surface area contributed by atoms with E-state index < -0.39 is 51.4 Å². The van der Waals surface area contributed by atoms with E-state index in [1.165, 1.54) is 59.3 Å². The third-order valence-corrected chi connectivity index (χ3v) is 32.7. The molecule has 0 amide bonds. The second-order valence-electron chi connectivity index (χ2n) is 36.4. The number of benzene rings is 7. The minimum absolute atomic E-state index is 0.000522. The first-order valence-electron chi connectivity index (χ1n) is 48.2. The molecular formula is C116H118F4N4O3S4. The zero-order chi connectivity index (χ0) is 92.0. The summed E-state index contributed by atoms with van der Waals surface area (Å²) in [6, 6.07) is 59.8. The molecule has 0 bridgehead atoms. The number of carbonyl (C=O) groups is 2. The van der Waals surface area contributed by atoms with Crippen molar-refractivity contribution in [3.05, 3.63) is 331 Å². The molecule has 0 radical (unpaired) electrons. The van der Waals surface area contributed by atoms with Gasteiger partial charge in [-0.2, -0.15) is 0 Å². The number of thiophene rings is 4. The third kappa shape index (κ3) is 19.1. The molecule has 4 aliphatic carbocycles. The molecule has 0 N–H and O–H groups in total. The van der Waals surface area contributed by atoms with E-state index in [4.69, 9.17) is 17.9 Å². The zero-order valence-electron chi connectivity index (χ0n) is 77.1. The van der Waals surface area contributed by atoms with Crippen LogP contribution in [0.1, 0.15) is 336 Å². The zero-order valence-corrected chi connectivity index (χ0v) is 80.4. The van der Waals surface area contributed by atoms with Gasteiger partial charge in [0.05, 0.1) is 47.6 Å². The number of carbonyl (C=O) groups excluding carboxylic acids is 2. The van der Waals surface area contributed by atoms with Crippen LogP contribution >= 0.6 is 45.3 Å². The van der Waals surface area contributed by atoms with E-state index in [-0.39, 0.29) is 56.2 Å². The topological polar surface area (TPSA) is 99.7 Å². The molecule has 2 unspecified atom stereocenters. The van der Waals surface area contributed by atoms with Crippen LogP contribution in [-0.4, -0.2) is 18.2 Å². The number of unbranched alkanes of at least 4 members (excludes halogenated alkanes) is 16. The van der Waals surface area contributed by atoms with Crippen LogP contribution in [0.25, 0.3) is 73.4 Å². The number of nitriles is 2. The molecule has 2 atom stereocenters. The predicted molar refractivity (Wildman–Crippen MR) is 535 cm³/mol. The first-order valence-corrected chi connectivity index (χ1v) is 51.5. The van der Waals surface area contributed by atoms with Gasteiger partial charge in [0, 0.05) is 67.6 Å². The van der Waals surface area contributed by atoms with Gasteiger partial charge in [-0.25, -0.2) is 37.8 Å². The number of hydrogen-bond acceptors (Lipinski definition) is 9. The quantitative estimate of drug-likeness (QED) is 0.0125. The lowest BCUT2D eigenvalue weighted by atomic mass is 9.65. The van der Waals surface area contributed by atoms with Crippen LogP contribution in [0.15, 0.2) is 180 Å². The molecule has 4 aliphatic rings. The molecule has 0 saturated heterocycles. The Morgan fingerprint density at radius 2 is 0.740 bits per heavy atom. The summed E-state index contributed by atoms with van der Waals surface area (Å²) in [5, 5.41) is 21.1. The van der Waals surface area contributed by atoms with Crippen molar-refractivity contribution in [2.75, 3.05) is 6.61 Å². The number of Topliss-reactive ketones (excluding diaryl/α,β-unsaturated/α-hetero) is 2. The van der Waals surface area contributed by atoms with E-state index in [1.807, 2.05) is 18.2 Å². The number of allylic oxidation sites excluding steroid dienone is 6. The van der Waals surface area contributed by atoms with Crippen molar-refractivity contribution in [3.8, 4) is 58.3 Å². The molecule has 131 heavy (non-hydrogen) atoms. The summed E-state index contributed by atoms with van der Waals surface area (Å²) in [4.78, 5) is 44.4. The number of hydrogen-bond donors (Lipinski definition) is 0. The summed E-state index contributed by atoms with van der Waals surface area (Å²) in [7, 11) is 0. The smallest absolute Gasteiger partial charge is 0.270 e. The lowest BCUT2D eigenvalue weighted by molar-refractivity contribution is 0.103. The van der Waals surface area contributed by atoms with Crippen LogP contribution in [0.2, 0.25) is 0 Å². The highest BCUT2D eigenvalue weighted by molar-refractivity contribution is 7.25. The first kappa shape index (κ1) is 94.8. The van der Waals surface area contributed by atoms with Crippen LogP contribution in [0.5, 0.6) is 5.75 Å². The number of nitrogens with zero attached hydrogens (tertiary/aromatic N) is 4. The fourth-order valence-electron chi connectivity index (χ4n) is 20.5. The molecule has 4 heterocycles. The van der Waals surface area contributed by atoms with E-state index in [2.05, 4.69) is 192 Å². The highest BCUT2D eigenvalue weighted by atomic mass is 32.1. The Bertz CT molecular complexity index is 6210. The summed E-state index contributed by atoms with van der Waals surface area (Å²) in [5.41, 5.74) is 14.6. The Hall–Kier alpha value is -10.9. The minimum atomic E-state index is -1.20. The number of ketones is 2. The maximum absolute atomic E-state index is 15.5. The van der Waals surface area contributed by atoms with Gasteiger partial charge in [-0.15, -0.1) is 45.3 Å². The second kappa shape index (κ2) is 43.2. The van der Waals surface area contributed by atoms with Crippen LogP contribution in [-0.2, 0) is 42.9 Å². The monoisotopic (exact) mass is 1820 g/mol. The van der Waals surface area contributed by atoms with Gasteiger partial charge in [0.15, 0.2) is 34.8 Å². The van der Waals surface area contributed by atoms with Gasteiger partial charge in [0.25, 0.3) is 11.4 Å². The Labute approximate surface area is 789 Å². The summed E-state index contributed by atoms with van der Waals surface area (Å²) >= 11 is 6.57. The third-order valence-electron chi connectivity index (χ3n) is 27.8. The molecule has 11 aromatic rings. The summed E-state index contributed by atoms with van der Waals surface area (Å²) < 4.78 is 68.8. The molecule has 0 saturated carbocycles. The lowest BCUT2D eigenvalue weighted by Crippen LogP contribution is -2.30. The number of rotatable bonds is 43. The minimum Gasteiger partial charge on any atom is -0.492 e. The summed E-state index contributed by atoms with van der Waals surface area (Å²) in [6.07, 6.45) is 36.4. The van der Waals surface area contributed by atoms with Crippen molar-refractivity contribution < 1.29 is 31.9 Å². The molecule has 15 rings (SSSR count).